The largest absolute Gasteiger partial charge is 0.349 e. The first kappa shape index (κ1) is 26.5. The van der Waals surface area contributed by atoms with Gasteiger partial charge in [-0.25, -0.2) is 9.37 Å². The fourth-order valence-corrected chi connectivity index (χ4v) is 3.67. The number of rotatable bonds is 9. The molecule has 0 radical (unpaired) electrons. The second-order valence-corrected chi connectivity index (χ2v) is 9.46. The molecule has 0 fully saturated rings. The molecule has 0 bridgehead atoms. The van der Waals surface area contributed by atoms with E-state index in [-0.39, 0.29) is 31.2 Å². The highest BCUT2D eigenvalue weighted by molar-refractivity contribution is 5.94. The third kappa shape index (κ3) is 8.01. The zero-order valence-corrected chi connectivity index (χ0v) is 20.7. The molecule has 188 valence electrons. The number of halogens is 1. The summed E-state index contributed by atoms with van der Waals surface area (Å²) >= 11 is 0. The summed E-state index contributed by atoms with van der Waals surface area (Å²) in [5.41, 5.74) is 0.735. The Morgan fingerprint density at radius 3 is 2.19 bits per heavy atom. The minimum Gasteiger partial charge on any atom is -0.349 e. The van der Waals surface area contributed by atoms with Crippen LogP contribution in [0.4, 0.5) is 10.2 Å². The molecular formula is C28H31FN4O3. The highest BCUT2D eigenvalue weighted by atomic mass is 19.1. The molecule has 8 heteroatoms. The first-order valence-corrected chi connectivity index (χ1v) is 11.7. The maximum atomic E-state index is 13.7. The lowest BCUT2D eigenvalue weighted by molar-refractivity contribution is -0.142. The van der Waals surface area contributed by atoms with E-state index >= 15 is 0 Å². The number of anilines is 1. The van der Waals surface area contributed by atoms with Crippen molar-refractivity contribution in [2.75, 3.05) is 5.32 Å². The number of aromatic nitrogens is 1. The molecule has 0 unspecified atom stereocenters. The zero-order chi connectivity index (χ0) is 26.1. The minimum atomic E-state index is -1.02. The first-order chi connectivity index (χ1) is 17.1. The van der Waals surface area contributed by atoms with Crippen LogP contribution in [0.5, 0.6) is 0 Å². The fraction of sp³-hybridized carbons (Fsp3) is 0.286. The Balaban J connectivity index is 1.88. The predicted octanol–water partition coefficient (Wildman–Crippen LogP) is 4.62. The van der Waals surface area contributed by atoms with Crippen molar-refractivity contribution in [1.29, 1.82) is 0 Å². The second-order valence-electron chi connectivity index (χ2n) is 9.46. The van der Waals surface area contributed by atoms with Gasteiger partial charge in [-0.15, -0.1) is 0 Å². The molecule has 2 N–H and O–H groups in total. The molecule has 0 saturated heterocycles. The van der Waals surface area contributed by atoms with Gasteiger partial charge in [0.2, 0.25) is 17.7 Å². The van der Waals surface area contributed by atoms with E-state index in [9.17, 15) is 18.8 Å². The first-order valence-electron chi connectivity index (χ1n) is 11.7. The molecule has 3 aromatic rings. The topological polar surface area (TPSA) is 91.4 Å². The van der Waals surface area contributed by atoms with Crippen LogP contribution in [-0.4, -0.2) is 33.1 Å². The third-order valence-electron chi connectivity index (χ3n) is 5.26. The van der Waals surface area contributed by atoms with E-state index < -0.39 is 23.3 Å². The monoisotopic (exact) mass is 490 g/mol. The number of carbonyl (C=O) groups excluding carboxylic acids is 3. The third-order valence-corrected chi connectivity index (χ3v) is 5.26. The second kappa shape index (κ2) is 12.1. The van der Waals surface area contributed by atoms with Crippen molar-refractivity contribution < 1.29 is 18.8 Å². The van der Waals surface area contributed by atoms with Gasteiger partial charge in [-0.05, 0) is 56.2 Å². The Morgan fingerprint density at radius 1 is 0.917 bits per heavy atom. The van der Waals surface area contributed by atoms with Crippen LogP contribution in [0.3, 0.4) is 0 Å². The van der Waals surface area contributed by atoms with E-state index in [0.29, 0.717) is 11.4 Å². The van der Waals surface area contributed by atoms with Crippen LogP contribution in [0, 0.1) is 5.82 Å². The summed E-state index contributed by atoms with van der Waals surface area (Å²) in [6, 6.07) is 18.9. The Hall–Kier alpha value is -4.07. The quantitative estimate of drug-likeness (QED) is 0.458. The lowest BCUT2D eigenvalue weighted by Crippen LogP contribution is -2.49. The Bertz CT molecular complexity index is 1160. The predicted molar refractivity (Wildman–Crippen MR) is 136 cm³/mol. The molecule has 2 aromatic carbocycles. The summed E-state index contributed by atoms with van der Waals surface area (Å²) in [5.74, 6) is -1.19. The SMILES string of the molecule is CC(C)(C)NC(=O)[C@H](c1ccc(F)cc1)N(Cc1ccccc1)C(=O)CCC(=O)Nc1ccccn1. The lowest BCUT2D eigenvalue weighted by Gasteiger charge is -2.34. The number of amides is 3. The number of benzene rings is 2. The van der Waals surface area contributed by atoms with Crippen LogP contribution in [0.15, 0.2) is 79.0 Å². The van der Waals surface area contributed by atoms with Crippen molar-refractivity contribution in [3.05, 3.63) is 95.9 Å². The van der Waals surface area contributed by atoms with E-state index in [2.05, 4.69) is 15.6 Å². The van der Waals surface area contributed by atoms with Crippen molar-refractivity contribution in [3.8, 4) is 0 Å². The molecule has 7 nitrogen and oxygen atoms in total. The minimum absolute atomic E-state index is 0.0856. The van der Waals surface area contributed by atoms with Crippen LogP contribution in [0.1, 0.15) is 50.8 Å². The number of pyridine rings is 1. The van der Waals surface area contributed by atoms with Gasteiger partial charge in [-0.2, -0.15) is 0 Å². The summed E-state index contributed by atoms with van der Waals surface area (Å²) in [6.07, 6.45) is 1.35. The number of nitrogens with one attached hydrogen (secondary N) is 2. The normalized spacial score (nSPS) is 11.9. The van der Waals surface area contributed by atoms with Crippen molar-refractivity contribution in [2.45, 2.75) is 51.7 Å². The molecule has 0 aliphatic rings. The fourth-order valence-electron chi connectivity index (χ4n) is 3.67. The summed E-state index contributed by atoms with van der Waals surface area (Å²) in [6.45, 7) is 5.68. The van der Waals surface area contributed by atoms with Crippen molar-refractivity contribution in [2.24, 2.45) is 0 Å². The van der Waals surface area contributed by atoms with E-state index in [4.69, 9.17) is 0 Å². The molecule has 36 heavy (non-hydrogen) atoms. The van der Waals surface area contributed by atoms with Gasteiger partial charge < -0.3 is 15.5 Å². The van der Waals surface area contributed by atoms with Gasteiger partial charge in [0, 0.05) is 31.1 Å². The summed E-state index contributed by atoms with van der Waals surface area (Å²) < 4.78 is 13.7. The average molecular weight is 491 g/mol. The van der Waals surface area contributed by atoms with Gasteiger partial charge in [-0.3, -0.25) is 14.4 Å². The molecule has 3 amide bonds. The summed E-state index contributed by atoms with van der Waals surface area (Å²) in [4.78, 5) is 45.0. The summed E-state index contributed by atoms with van der Waals surface area (Å²) in [5, 5.41) is 5.60. The van der Waals surface area contributed by atoms with Crippen LogP contribution in [0.25, 0.3) is 0 Å². The maximum Gasteiger partial charge on any atom is 0.247 e. The van der Waals surface area contributed by atoms with Crippen LogP contribution in [0.2, 0.25) is 0 Å². The Kier molecular flexibility index (Phi) is 8.89. The number of nitrogens with zero attached hydrogens (tertiary/aromatic N) is 2. The zero-order valence-electron chi connectivity index (χ0n) is 20.7. The number of hydrogen-bond acceptors (Lipinski definition) is 4. The van der Waals surface area contributed by atoms with Crippen molar-refractivity contribution >= 4 is 23.5 Å². The molecule has 1 aromatic heterocycles. The average Bonchev–Trinajstić information content (AvgIpc) is 2.83. The van der Waals surface area contributed by atoms with Crippen molar-refractivity contribution in [1.82, 2.24) is 15.2 Å². The molecule has 0 saturated carbocycles. The van der Waals surface area contributed by atoms with Gasteiger partial charge in [0.15, 0.2) is 0 Å². The van der Waals surface area contributed by atoms with Gasteiger partial charge in [0.1, 0.15) is 17.7 Å². The molecule has 3 rings (SSSR count). The van der Waals surface area contributed by atoms with E-state index in [1.54, 1.807) is 24.4 Å². The van der Waals surface area contributed by atoms with Gasteiger partial charge in [-0.1, -0.05) is 48.5 Å². The maximum absolute atomic E-state index is 13.7. The van der Waals surface area contributed by atoms with Crippen LogP contribution >= 0.6 is 0 Å². The van der Waals surface area contributed by atoms with Gasteiger partial charge in [0.05, 0.1) is 0 Å². The molecule has 0 aliphatic carbocycles. The van der Waals surface area contributed by atoms with Crippen molar-refractivity contribution in [3.63, 3.8) is 0 Å². The molecule has 0 aliphatic heterocycles. The van der Waals surface area contributed by atoms with Gasteiger partial charge in [0.25, 0.3) is 0 Å². The van der Waals surface area contributed by atoms with E-state index in [1.807, 2.05) is 51.1 Å². The Morgan fingerprint density at radius 2 is 1.58 bits per heavy atom. The number of hydrogen-bond donors (Lipinski definition) is 2. The van der Waals surface area contributed by atoms with Crippen LogP contribution in [-0.2, 0) is 20.9 Å². The smallest absolute Gasteiger partial charge is 0.247 e. The van der Waals surface area contributed by atoms with E-state index in [1.165, 1.54) is 29.2 Å². The Labute approximate surface area is 210 Å². The lowest BCUT2D eigenvalue weighted by atomic mass is 10.00. The van der Waals surface area contributed by atoms with E-state index in [0.717, 1.165) is 5.56 Å². The molecule has 1 heterocycles. The standard InChI is InChI=1S/C28H31FN4O3/c1-28(2,3)32-27(36)26(21-12-14-22(29)15-13-21)33(19-20-9-5-4-6-10-20)25(35)17-16-24(34)31-23-11-7-8-18-30-23/h4-15,18,26H,16-17,19H2,1-3H3,(H,32,36)(H,30,31,34)/t26-/m0/s1. The van der Waals surface area contributed by atoms with Crippen LogP contribution < -0.4 is 10.6 Å². The molecule has 0 spiro atoms. The highest BCUT2D eigenvalue weighted by Crippen LogP contribution is 2.26. The number of carbonyl (C=O) groups is 3. The molecule has 1 atom stereocenters. The highest BCUT2D eigenvalue weighted by Gasteiger charge is 2.33. The summed E-state index contributed by atoms with van der Waals surface area (Å²) in [7, 11) is 0. The molecular weight excluding hydrogens is 459 g/mol. The van der Waals surface area contributed by atoms with Gasteiger partial charge >= 0.3 is 0 Å².